The number of amides is 1. The number of ether oxygens (including phenoxy) is 1. The van der Waals surface area contributed by atoms with Crippen LogP contribution < -0.4 is 21.3 Å². The van der Waals surface area contributed by atoms with E-state index in [1.54, 1.807) is 63.4 Å². The Morgan fingerprint density at radius 3 is 2.50 bits per heavy atom. The predicted molar refractivity (Wildman–Crippen MR) is 148 cm³/mol. The number of carbonyl (C=O) groups is 2. The van der Waals surface area contributed by atoms with Gasteiger partial charge in [-0.25, -0.2) is 9.36 Å². The van der Waals surface area contributed by atoms with Crippen LogP contribution in [0.3, 0.4) is 0 Å². The molecular weight excluding hydrogens is 597 g/mol. The Morgan fingerprint density at radius 1 is 1.08 bits per heavy atom. The summed E-state index contributed by atoms with van der Waals surface area (Å²) in [6, 6.07) is 14.8. The molecule has 0 aliphatic carbocycles. The molecule has 36 heavy (non-hydrogen) atoms. The molecule has 4 aromatic rings. The van der Waals surface area contributed by atoms with Crippen LogP contribution in [0, 0.1) is 10.5 Å². The van der Waals surface area contributed by atoms with Gasteiger partial charge in [-0.05, 0) is 71.5 Å². The first-order chi connectivity index (χ1) is 17.1. The molecular formula is C26H21ClIN3O5. The minimum Gasteiger partial charge on any atom is -0.422 e. The number of aromatic nitrogens is 2. The normalized spacial score (nSPS) is 10.9. The molecule has 0 fully saturated rings. The van der Waals surface area contributed by atoms with Crippen molar-refractivity contribution in [2.45, 2.75) is 20.3 Å². The van der Waals surface area contributed by atoms with Crippen LogP contribution in [0.25, 0.3) is 16.6 Å². The fourth-order valence-corrected chi connectivity index (χ4v) is 4.64. The van der Waals surface area contributed by atoms with Gasteiger partial charge in [0.2, 0.25) is 0 Å². The first-order valence-electron chi connectivity index (χ1n) is 11.0. The van der Waals surface area contributed by atoms with Crippen molar-refractivity contribution in [1.29, 1.82) is 0 Å². The molecule has 0 saturated carbocycles. The lowest BCUT2D eigenvalue weighted by atomic mass is 10.1. The molecule has 1 heterocycles. The summed E-state index contributed by atoms with van der Waals surface area (Å²) in [6.07, 6.45) is 0.0359. The molecule has 8 nitrogen and oxygen atoms in total. The summed E-state index contributed by atoms with van der Waals surface area (Å²) in [5.74, 6) is -1.25. The van der Waals surface area contributed by atoms with Gasteiger partial charge >= 0.3 is 11.7 Å². The van der Waals surface area contributed by atoms with E-state index in [0.29, 0.717) is 16.5 Å². The number of carbonyl (C=O) groups excluding carboxylic acids is 2. The van der Waals surface area contributed by atoms with Crippen molar-refractivity contribution in [2.75, 3.05) is 5.32 Å². The number of benzene rings is 3. The Hall–Kier alpha value is -3.44. The number of nitrogens with zero attached hydrogens (tertiary/aromatic N) is 2. The van der Waals surface area contributed by atoms with Gasteiger partial charge in [-0.15, -0.1) is 0 Å². The highest BCUT2D eigenvalue weighted by molar-refractivity contribution is 14.1. The fraction of sp³-hybridized carbons (Fsp3) is 0.154. The molecule has 0 bridgehead atoms. The van der Waals surface area contributed by atoms with Gasteiger partial charge in [0.1, 0.15) is 0 Å². The van der Waals surface area contributed by atoms with E-state index >= 15 is 0 Å². The maximum atomic E-state index is 13.5. The van der Waals surface area contributed by atoms with Crippen LogP contribution in [0.5, 0.6) is 5.75 Å². The topological polar surface area (TPSA) is 99.4 Å². The summed E-state index contributed by atoms with van der Waals surface area (Å²) >= 11 is 8.34. The summed E-state index contributed by atoms with van der Waals surface area (Å²) in [5.41, 5.74) is 0.293. The number of esters is 1. The fourth-order valence-electron chi connectivity index (χ4n) is 3.84. The highest BCUT2D eigenvalue weighted by Crippen LogP contribution is 2.33. The first kappa shape index (κ1) is 25.6. The van der Waals surface area contributed by atoms with E-state index in [1.807, 2.05) is 0 Å². The van der Waals surface area contributed by atoms with Gasteiger partial charge in [0, 0.05) is 17.0 Å². The molecule has 1 N–H and O–H groups in total. The van der Waals surface area contributed by atoms with Gasteiger partial charge in [0.25, 0.3) is 11.5 Å². The lowest BCUT2D eigenvalue weighted by Gasteiger charge is -2.18. The molecule has 0 radical (unpaired) electrons. The predicted octanol–water partition coefficient (Wildman–Crippen LogP) is 4.82. The van der Waals surface area contributed by atoms with Crippen molar-refractivity contribution in [2.24, 2.45) is 7.05 Å². The zero-order valence-corrected chi connectivity index (χ0v) is 22.5. The maximum Gasteiger partial charge on any atom is 0.335 e. The Bertz CT molecular complexity index is 1640. The second-order valence-corrected chi connectivity index (χ2v) is 9.66. The lowest BCUT2D eigenvalue weighted by Crippen LogP contribution is -2.38. The van der Waals surface area contributed by atoms with Crippen molar-refractivity contribution < 1.29 is 14.3 Å². The standard InChI is InChI=1S/C26H21ClIN3O5/c1-4-21(32)36-23-18(29-24(33)22-14(2)7-5-8-17(22)27)9-6-10-20(23)31-25(34)16-13-15(28)11-12-19(16)30(3)26(31)35/h5-13H,4H2,1-3H3,(H,29,33). The summed E-state index contributed by atoms with van der Waals surface area (Å²) in [4.78, 5) is 52.3. The van der Waals surface area contributed by atoms with E-state index in [4.69, 9.17) is 16.3 Å². The Labute approximate surface area is 224 Å². The Balaban J connectivity index is 1.96. The zero-order chi connectivity index (χ0) is 26.1. The molecule has 1 aromatic heterocycles. The number of hydrogen-bond donors (Lipinski definition) is 1. The zero-order valence-electron chi connectivity index (χ0n) is 19.6. The van der Waals surface area contributed by atoms with E-state index in [2.05, 4.69) is 27.9 Å². The van der Waals surface area contributed by atoms with E-state index in [1.165, 1.54) is 16.7 Å². The molecule has 10 heteroatoms. The number of para-hydroxylation sites is 1. The van der Waals surface area contributed by atoms with Crippen LogP contribution in [-0.4, -0.2) is 21.0 Å². The lowest BCUT2D eigenvalue weighted by molar-refractivity contribution is -0.133. The second-order valence-electron chi connectivity index (χ2n) is 8.01. The molecule has 0 saturated heterocycles. The maximum absolute atomic E-state index is 13.5. The molecule has 184 valence electrons. The van der Waals surface area contributed by atoms with Gasteiger partial charge in [0.05, 0.1) is 32.9 Å². The van der Waals surface area contributed by atoms with Gasteiger partial charge in [-0.1, -0.05) is 36.7 Å². The van der Waals surface area contributed by atoms with Crippen molar-refractivity contribution in [3.8, 4) is 11.4 Å². The van der Waals surface area contributed by atoms with Crippen molar-refractivity contribution in [1.82, 2.24) is 9.13 Å². The number of hydrogen-bond acceptors (Lipinski definition) is 5. The third kappa shape index (κ3) is 4.68. The smallest absolute Gasteiger partial charge is 0.335 e. The monoisotopic (exact) mass is 617 g/mol. The summed E-state index contributed by atoms with van der Waals surface area (Å²) < 4.78 is 8.66. The molecule has 0 unspecified atom stereocenters. The summed E-state index contributed by atoms with van der Waals surface area (Å²) in [7, 11) is 1.55. The minimum absolute atomic E-state index is 0.0249. The largest absolute Gasteiger partial charge is 0.422 e. The average Bonchev–Trinajstić information content (AvgIpc) is 2.84. The number of nitrogens with one attached hydrogen (secondary N) is 1. The number of fused-ring (bicyclic) bond motifs is 1. The quantitative estimate of drug-likeness (QED) is 0.197. The van der Waals surface area contributed by atoms with Crippen LogP contribution in [-0.2, 0) is 11.8 Å². The number of halogens is 2. The van der Waals surface area contributed by atoms with Gasteiger partial charge in [-0.3, -0.25) is 19.0 Å². The molecule has 4 rings (SSSR count). The van der Waals surface area contributed by atoms with Crippen molar-refractivity contribution >= 4 is 62.7 Å². The molecule has 1 amide bonds. The van der Waals surface area contributed by atoms with Crippen LogP contribution in [0.4, 0.5) is 5.69 Å². The van der Waals surface area contributed by atoms with Crippen molar-refractivity contribution in [3.63, 3.8) is 0 Å². The van der Waals surface area contributed by atoms with E-state index in [0.717, 1.165) is 8.14 Å². The van der Waals surface area contributed by atoms with Crippen LogP contribution in [0.2, 0.25) is 5.02 Å². The van der Waals surface area contributed by atoms with E-state index < -0.39 is 23.1 Å². The third-order valence-corrected chi connectivity index (χ3v) is 6.65. The number of aryl methyl sites for hydroxylation is 2. The number of anilines is 1. The molecule has 3 aromatic carbocycles. The summed E-state index contributed by atoms with van der Waals surface area (Å²) in [5, 5.41) is 3.29. The third-order valence-electron chi connectivity index (χ3n) is 5.67. The Kier molecular flexibility index (Phi) is 7.32. The minimum atomic E-state index is -0.632. The SMILES string of the molecule is CCC(=O)Oc1c(NC(=O)c2c(C)cccc2Cl)cccc1-n1c(=O)c2cc(I)ccc2n(C)c1=O. The van der Waals surface area contributed by atoms with Gasteiger partial charge < -0.3 is 10.1 Å². The number of rotatable bonds is 5. The average molecular weight is 618 g/mol. The van der Waals surface area contributed by atoms with Crippen LogP contribution in [0.15, 0.2) is 64.2 Å². The van der Waals surface area contributed by atoms with E-state index in [9.17, 15) is 19.2 Å². The van der Waals surface area contributed by atoms with Crippen LogP contribution in [0.1, 0.15) is 29.3 Å². The summed E-state index contributed by atoms with van der Waals surface area (Å²) in [6.45, 7) is 3.36. The molecule has 0 atom stereocenters. The van der Waals surface area contributed by atoms with Gasteiger partial charge in [0.15, 0.2) is 5.75 Å². The highest BCUT2D eigenvalue weighted by atomic mass is 127. The molecule has 0 aliphatic heterocycles. The Morgan fingerprint density at radius 2 is 1.81 bits per heavy atom. The van der Waals surface area contributed by atoms with Crippen LogP contribution >= 0.6 is 34.2 Å². The molecule has 0 spiro atoms. The first-order valence-corrected chi connectivity index (χ1v) is 12.4. The van der Waals surface area contributed by atoms with E-state index in [-0.39, 0.29) is 34.1 Å². The van der Waals surface area contributed by atoms with Crippen molar-refractivity contribution in [3.05, 3.63) is 95.2 Å². The highest BCUT2D eigenvalue weighted by Gasteiger charge is 2.22. The second kappa shape index (κ2) is 10.3. The van der Waals surface area contributed by atoms with Gasteiger partial charge in [-0.2, -0.15) is 0 Å². The molecule has 0 aliphatic rings.